The Morgan fingerprint density at radius 3 is 2.33 bits per heavy atom. The number of thiophene rings is 1. The molecule has 1 N–H and O–H groups in total. The van der Waals surface area contributed by atoms with Crippen LogP contribution in [0.1, 0.15) is 23.0 Å². The third-order valence-corrected chi connectivity index (χ3v) is 6.69. The quantitative estimate of drug-likeness (QED) is 0.222. The lowest BCUT2D eigenvalue weighted by molar-refractivity contribution is -0.111. The standard InChI is InChI=1S/C27H24ClN3O7S/c1-5-38-27(34)23-18-14-39-25(22(18)26(33)31(30-23)17-9-7-16(28)8-10-17)29-21(32)11-6-15-12-19(35-2)24(37-4)20(13-15)36-3/h6-14H,5H2,1-4H3,(H,29,32). The summed E-state index contributed by atoms with van der Waals surface area (Å²) in [5.74, 6) is 0.100. The molecular formula is C27H24ClN3O7S. The summed E-state index contributed by atoms with van der Waals surface area (Å²) in [4.78, 5) is 39.1. The van der Waals surface area contributed by atoms with Crippen LogP contribution < -0.4 is 25.1 Å². The van der Waals surface area contributed by atoms with Crippen molar-refractivity contribution in [3.8, 4) is 22.9 Å². The number of hydrogen-bond donors (Lipinski definition) is 1. The first-order valence-electron chi connectivity index (χ1n) is 11.6. The van der Waals surface area contributed by atoms with Crippen molar-refractivity contribution in [2.45, 2.75) is 6.92 Å². The highest BCUT2D eigenvalue weighted by molar-refractivity contribution is 7.16. The molecule has 202 valence electrons. The largest absolute Gasteiger partial charge is 0.493 e. The van der Waals surface area contributed by atoms with Crippen molar-refractivity contribution < 1.29 is 28.5 Å². The van der Waals surface area contributed by atoms with Crippen molar-refractivity contribution in [1.82, 2.24) is 9.78 Å². The molecule has 10 nitrogen and oxygen atoms in total. The molecule has 2 aromatic carbocycles. The Balaban J connectivity index is 1.73. The van der Waals surface area contributed by atoms with E-state index in [2.05, 4.69) is 10.4 Å². The summed E-state index contributed by atoms with van der Waals surface area (Å²) in [6.45, 7) is 1.80. The van der Waals surface area contributed by atoms with Gasteiger partial charge in [-0.2, -0.15) is 9.78 Å². The maximum atomic E-state index is 13.5. The molecule has 0 unspecified atom stereocenters. The maximum Gasteiger partial charge on any atom is 0.359 e. The van der Waals surface area contributed by atoms with Crippen LogP contribution >= 0.6 is 22.9 Å². The number of carbonyl (C=O) groups excluding carboxylic acids is 2. The van der Waals surface area contributed by atoms with Gasteiger partial charge in [-0.05, 0) is 55.0 Å². The molecule has 39 heavy (non-hydrogen) atoms. The molecule has 0 aliphatic rings. The van der Waals surface area contributed by atoms with E-state index in [0.717, 1.165) is 16.0 Å². The Kier molecular flexibility index (Phi) is 8.52. The van der Waals surface area contributed by atoms with Crippen LogP contribution in [0.3, 0.4) is 0 Å². The number of ether oxygens (including phenoxy) is 4. The maximum absolute atomic E-state index is 13.5. The molecule has 0 saturated heterocycles. The number of esters is 1. The molecule has 2 heterocycles. The zero-order valence-electron chi connectivity index (χ0n) is 21.4. The summed E-state index contributed by atoms with van der Waals surface area (Å²) in [5.41, 5.74) is 0.439. The summed E-state index contributed by atoms with van der Waals surface area (Å²) in [6, 6.07) is 9.78. The fourth-order valence-corrected chi connectivity index (χ4v) is 4.84. The van der Waals surface area contributed by atoms with E-state index in [1.165, 1.54) is 27.4 Å². The fraction of sp³-hybridized carbons (Fsp3) is 0.185. The number of nitrogens with one attached hydrogen (secondary N) is 1. The van der Waals surface area contributed by atoms with Crippen LogP contribution in [0.25, 0.3) is 22.5 Å². The highest BCUT2D eigenvalue weighted by atomic mass is 35.5. The van der Waals surface area contributed by atoms with E-state index < -0.39 is 17.4 Å². The van der Waals surface area contributed by atoms with Crippen molar-refractivity contribution in [3.63, 3.8) is 0 Å². The van der Waals surface area contributed by atoms with Gasteiger partial charge in [0.1, 0.15) is 5.00 Å². The van der Waals surface area contributed by atoms with Gasteiger partial charge in [0, 0.05) is 21.9 Å². The molecule has 0 spiro atoms. The molecule has 0 fully saturated rings. The van der Waals surface area contributed by atoms with Crippen molar-refractivity contribution in [1.29, 1.82) is 0 Å². The van der Waals surface area contributed by atoms with Crippen molar-refractivity contribution >= 4 is 56.7 Å². The van der Waals surface area contributed by atoms with Gasteiger partial charge < -0.3 is 24.3 Å². The second-order valence-electron chi connectivity index (χ2n) is 7.90. The van der Waals surface area contributed by atoms with Gasteiger partial charge in [0.15, 0.2) is 17.2 Å². The number of halogens is 1. The summed E-state index contributed by atoms with van der Waals surface area (Å²) in [7, 11) is 4.49. The van der Waals surface area contributed by atoms with Gasteiger partial charge >= 0.3 is 5.97 Å². The topological polar surface area (TPSA) is 118 Å². The van der Waals surface area contributed by atoms with Crippen LogP contribution in [-0.4, -0.2) is 49.6 Å². The minimum absolute atomic E-state index is 0.0499. The van der Waals surface area contributed by atoms with E-state index in [1.807, 2.05) is 0 Å². The number of aromatic nitrogens is 2. The lowest BCUT2D eigenvalue weighted by atomic mass is 10.1. The third kappa shape index (κ3) is 5.74. The summed E-state index contributed by atoms with van der Waals surface area (Å²) in [5, 5.41) is 9.71. The van der Waals surface area contributed by atoms with Gasteiger partial charge in [0.05, 0.1) is 39.0 Å². The number of anilines is 1. The Morgan fingerprint density at radius 2 is 1.74 bits per heavy atom. The van der Waals surface area contributed by atoms with Crippen LogP contribution in [0.4, 0.5) is 5.00 Å². The number of nitrogens with zero attached hydrogens (tertiary/aromatic N) is 2. The summed E-state index contributed by atoms with van der Waals surface area (Å²) >= 11 is 7.09. The second kappa shape index (κ2) is 12.0. The number of amides is 1. The molecule has 0 bridgehead atoms. The highest BCUT2D eigenvalue weighted by Gasteiger charge is 2.23. The molecule has 12 heteroatoms. The smallest absolute Gasteiger partial charge is 0.359 e. The zero-order chi connectivity index (χ0) is 28.1. The van der Waals surface area contributed by atoms with Crippen molar-refractivity contribution in [2.75, 3.05) is 33.3 Å². The highest BCUT2D eigenvalue weighted by Crippen LogP contribution is 2.38. The summed E-state index contributed by atoms with van der Waals surface area (Å²) < 4.78 is 22.3. The predicted octanol–water partition coefficient (Wildman–Crippen LogP) is 4.96. The van der Waals surface area contributed by atoms with Gasteiger partial charge in [-0.15, -0.1) is 11.3 Å². The number of hydrogen-bond acceptors (Lipinski definition) is 9. The van der Waals surface area contributed by atoms with E-state index >= 15 is 0 Å². The Labute approximate surface area is 232 Å². The first-order valence-corrected chi connectivity index (χ1v) is 12.8. The van der Waals surface area contributed by atoms with E-state index in [-0.39, 0.29) is 28.1 Å². The van der Waals surface area contributed by atoms with Crippen molar-refractivity contribution in [2.24, 2.45) is 0 Å². The van der Waals surface area contributed by atoms with E-state index in [0.29, 0.717) is 33.5 Å². The summed E-state index contributed by atoms with van der Waals surface area (Å²) in [6.07, 6.45) is 2.87. The van der Waals surface area contributed by atoms with Gasteiger partial charge in [-0.25, -0.2) is 4.79 Å². The molecule has 2 aromatic heterocycles. The normalized spacial score (nSPS) is 11.0. The van der Waals surface area contributed by atoms with Crippen LogP contribution in [0, 0.1) is 0 Å². The Hall–Kier alpha value is -4.35. The molecule has 0 aliphatic heterocycles. The van der Waals surface area contributed by atoms with Gasteiger partial charge in [0.2, 0.25) is 11.7 Å². The molecule has 1 amide bonds. The van der Waals surface area contributed by atoms with Crippen LogP contribution in [-0.2, 0) is 9.53 Å². The molecule has 0 atom stereocenters. The van der Waals surface area contributed by atoms with Gasteiger partial charge in [0.25, 0.3) is 5.56 Å². The number of methoxy groups -OCH3 is 3. The first-order chi connectivity index (χ1) is 18.8. The van der Waals surface area contributed by atoms with Gasteiger partial charge in [-0.1, -0.05) is 11.6 Å². The lowest BCUT2D eigenvalue weighted by Crippen LogP contribution is -2.25. The molecule has 0 saturated carbocycles. The third-order valence-electron chi connectivity index (χ3n) is 5.54. The number of fused-ring (bicyclic) bond motifs is 1. The number of carbonyl (C=O) groups is 2. The first kappa shape index (κ1) is 27.7. The predicted molar refractivity (Wildman–Crippen MR) is 150 cm³/mol. The van der Waals surface area contributed by atoms with Crippen LogP contribution in [0.2, 0.25) is 5.02 Å². The van der Waals surface area contributed by atoms with Crippen LogP contribution in [0.5, 0.6) is 17.2 Å². The average Bonchev–Trinajstić information content (AvgIpc) is 3.36. The lowest BCUT2D eigenvalue weighted by Gasteiger charge is -2.12. The molecule has 4 aromatic rings. The van der Waals surface area contributed by atoms with Crippen molar-refractivity contribution in [3.05, 3.63) is 74.5 Å². The fourth-order valence-electron chi connectivity index (χ4n) is 3.77. The monoisotopic (exact) mass is 569 g/mol. The average molecular weight is 570 g/mol. The molecule has 0 radical (unpaired) electrons. The number of rotatable bonds is 9. The molecular weight excluding hydrogens is 546 g/mol. The minimum Gasteiger partial charge on any atom is -0.493 e. The Bertz CT molecular complexity index is 1600. The van der Waals surface area contributed by atoms with E-state index in [4.69, 9.17) is 30.5 Å². The SMILES string of the molecule is CCOC(=O)c1nn(-c2ccc(Cl)cc2)c(=O)c2c(NC(=O)C=Cc3cc(OC)c(OC)c(OC)c3)scc12. The van der Waals surface area contributed by atoms with Gasteiger partial charge in [-0.3, -0.25) is 9.59 Å². The zero-order valence-corrected chi connectivity index (χ0v) is 23.0. The minimum atomic E-state index is -0.691. The van der Waals surface area contributed by atoms with Crippen LogP contribution in [0.15, 0.2) is 52.6 Å². The van der Waals surface area contributed by atoms with E-state index in [1.54, 1.807) is 54.8 Å². The second-order valence-corrected chi connectivity index (χ2v) is 9.21. The number of benzene rings is 2. The molecule has 4 rings (SSSR count). The Morgan fingerprint density at radius 1 is 1.08 bits per heavy atom. The van der Waals surface area contributed by atoms with E-state index in [9.17, 15) is 14.4 Å². The molecule has 0 aliphatic carbocycles.